The van der Waals surface area contributed by atoms with Gasteiger partial charge in [0.15, 0.2) is 11.5 Å². The molecule has 0 bridgehead atoms. The van der Waals surface area contributed by atoms with E-state index in [1.165, 1.54) is 6.20 Å². The second-order valence-corrected chi connectivity index (χ2v) is 4.64. The molecule has 1 heterocycles. The van der Waals surface area contributed by atoms with Crippen LogP contribution in [0.3, 0.4) is 0 Å². The Hall–Kier alpha value is -1.78. The molecule has 4 nitrogen and oxygen atoms in total. The summed E-state index contributed by atoms with van der Waals surface area (Å²) in [6, 6.07) is 7.34. The molecule has 1 N–H and O–H groups in total. The minimum absolute atomic E-state index is 0.110. The molecule has 1 aromatic carbocycles. The van der Waals surface area contributed by atoms with E-state index in [2.05, 4.69) is 11.9 Å². The number of aliphatic hydroxyl groups is 1. The second kappa shape index (κ2) is 6.59. The Kier molecular flexibility index (Phi) is 4.82. The van der Waals surface area contributed by atoms with E-state index in [1.54, 1.807) is 13.2 Å². The summed E-state index contributed by atoms with van der Waals surface area (Å²) in [6.45, 7) is 1.96. The van der Waals surface area contributed by atoms with E-state index in [9.17, 15) is 0 Å². The van der Waals surface area contributed by atoms with Gasteiger partial charge in [-0.2, -0.15) is 0 Å². The van der Waals surface area contributed by atoms with Gasteiger partial charge in [-0.05, 0) is 35.7 Å². The van der Waals surface area contributed by atoms with Gasteiger partial charge in [0.25, 0.3) is 0 Å². The Morgan fingerprint density at radius 3 is 2.60 bits per heavy atom. The van der Waals surface area contributed by atoms with Gasteiger partial charge in [0.1, 0.15) is 5.02 Å². The first-order valence-electron chi connectivity index (χ1n) is 6.28. The zero-order valence-corrected chi connectivity index (χ0v) is 12.1. The lowest BCUT2D eigenvalue weighted by Crippen LogP contribution is -1.95. The monoisotopic (exact) mass is 293 g/mol. The van der Waals surface area contributed by atoms with Gasteiger partial charge in [-0.25, -0.2) is 4.98 Å². The summed E-state index contributed by atoms with van der Waals surface area (Å²) in [5.74, 6) is 1.47. The molecule has 0 unspecified atom stereocenters. The van der Waals surface area contributed by atoms with Crippen LogP contribution in [0.25, 0.3) is 0 Å². The van der Waals surface area contributed by atoms with Gasteiger partial charge < -0.3 is 14.6 Å². The van der Waals surface area contributed by atoms with Gasteiger partial charge in [0.2, 0.25) is 5.88 Å². The summed E-state index contributed by atoms with van der Waals surface area (Å²) in [4.78, 5) is 4.09. The first-order valence-corrected chi connectivity index (χ1v) is 6.65. The maximum absolute atomic E-state index is 9.02. The third-order valence-electron chi connectivity index (χ3n) is 2.89. The van der Waals surface area contributed by atoms with Gasteiger partial charge in [-0.15, -0.1) is 0 Å². The fraction of sp³-hybridized carbons (Fsp3) is 0.267. The van der Waals surface area contributed by atoms with Crippen molar-refractivity contribution >= 4 is 11.6 Å². The maximum Gasteiger partial charge on any atom is 0.238 e. The summed E-state index contributed by atoms with van der Waals surface area (Å²) in [6.07, 6.45) is 2.44. The van der Waals surface area contributed by atoms with Crippen molar-refractivity contribution in [1.29, 1.82) is 0 Å². The predicted molar refractivity (Wildman–Crippen MR) is 77.6 cm³/mol. The number of pyridine rings is 1. The number of nitrogens with zero attached hydrogens (tertiary/aromatic N) is 1. The summed E-state index contributed by atoms with van der Waals surface area (Å²) in [7, 11) is 1.59. The Balaban J connectivity index is 2.29. The number of aromatic nitrogens is 1. The molecule has 0 saturated carbocycles. The number of methoxy groups -OCH3 is 1. The molecule has 2 rings (SSSR count). The number of hydrogen-bond donors (Lipinski definition) is 1. The summed E-state index contributed by atoms with van der Waals surface area (Å²) in [5.41, 5.74) is 1.79. The van der Waals surface area contributed by atoms with Crippen molar-refractivity contribution in [2.24, 2.45) is 0 Å². The maximum atomic E-state index is 9.02. The molecule has 0 aliphatic carbocycles. The van der Waals surface area contributed by atoms with E-state index in [1.807, 2.05) is 18.2 Å². The highest BCUT2D eigenvalue weighted by atomic mass is 35.5. The molecule has 1 aromatic heterocycles. The molecule has 20 heavy (non-hydrogen) atoms. The lowest BCUT2D eigenvalue weighted by molar-refractivity contribution is 0.281. The first-order chi connectivity index (χ1) is 9.67. The first kappa shape index (κ1) is 14.6. The SMILES string of the molecule is CCc1ccc(Oc2ncc(CO)cc2Cl)c(OC)c1. The highest BCUT2D eigenvalue weighted by molar-refractivity contribution is 6.31. The van der Waals surface area contributed by atoms with Gasteiger partial charge >= 0.3 is 0 Å². The minimum Gasteiger partial charge on any atom is -0.493 e. The Morgan fingerprint density at radius 1 is 1.20 bits per heavy atom. The number of halogens is 1. The molecule has 5 heteroatoms. The molecule has 0 fully saturated rings. The van der Waals surface area contributed by atoms with Gasteiger partial charge in [0.05, 0.1) is 13.7 Å². The lowest BCUT2D eigenvalue weighted by atomic mass is 10.1. The molecule has 0 atom stereocenters. The Morgan fingerprint density at radius 2 is 2.00 bits per heavy atom. The summed E-state index contributed by atoms with van der Waals surface area (Å²) >= 11 is 6.07. The molecule has 0 aliphatic rings. The van der Waals surface area contributed by atoms with E-state index in [0.717, 1.165) is 12.0 Å². The minimum atomic E-state index is -0.110. The average molecular weight is 294 g/mol. The third kappa shape index (κ3) is 3.21. The zero-order valence-electron chi connectivity index (χ0n) is 11.4. The van der Waals surface area contributed by atoms with E-state index >= 15 is 0 Å². The van der Waals surface area contributed by atoms with E-state index < -0.39 is 0 Å². The molecule has 0 radical (unpaired) electrons. The molecule has 2 aromatic rings. The molecular formula is C15H16ClNO3. The van der Waals surface area contributed by atoms with Crippen LogP contribution >= 0.6 is 11.6 Å². The van der Waals surface area contributed by atoms with E-state index in [-0.39, 0.29) is 12.5 Å². The smallest absolute Gasteiger partial charge is 0.238 e. The number of aryl methyl sites for hydroxylation is 1. The quantitative estimate of drug-likeness (QED) is 0.915. The van der Waals surface area contributed by atoms with Crippen molar-refractivity contribution in [1.82, 2.24) is 4.98 Å². The molecule has 0 spiro atoms. The summed E-state index contributed by atoms with van der Waals surface area (Å²) in [5, 5.41) is 9.37. The van der Waals surface area contributed by atoms with E-state index in [4.69, 9.17) is 26.2 Å². The van der Waals surface area contributed by atoms with Crippen LogP contribution in [0.5, 0.6) is 17.4 Å². The molecule has 0 amide bonds. The van der Waals surface area contributed by atoms with Crippen molar-refractivity contribution in [3.05, 3.63) is 46.6 Å². The normalized spacial score (nSPS) is 10.4. The van der Waals surface area contributed by atoms with E-state index in [0.29, 0.717) is 22.1 Å². The van der Waals surface area contributed by atoms with Crippen LogP contribution in [-0.4, -0.2) is 17.2 Å². The van der Waals surface area contributed by atoms with Crippen LogP contribution in [0.2, 0.25) is 5.02 Å². The highest BCUT2D eigenvalue weighted by Crippen LogP contribution is 2.34. The standard InChI is InChI=1S/C15H16ClNO3/c1-3-10-4-5-13(14(7-10)19-2)20-15-12(16)6-11(9-18)8-17-15/h4-8,18H,3,9H2,1-2H3. The van der Waals surface area contributed by atoms with Gasteiger partial charge in [-0.3, -0.25) is 0 Å². The highest BCUT2D eigenvalue weighted by Gasteiger charge is 2.10. The lowest BCUT2D eigenvalue weighted by Gasteiger charge is -2.12. The topological polar surface area (TPSA) is 51.6 Å². The number of ether oxygens (including phenoxy) is 2. The molecule has 106 valence electrons. The Bertz CT molecular complexity index is 602. The number of hydrogen-bond acceptors (Lipinski definition) is 4. The molecule has 0 saturated heterocycles. The Labute approximate surface area is 122 Å². The van der Waals surface area contributed by atoms with Crippen molar-refractivity contribution in [3.63, 3.8) is 0 Å². The van der Waals surface area contributed by atoms with Gasteiger partial charge in [0, 0.05) is 6.20 Å². The fourth-order valence-electron chi connectivity index (χ4n) is 1.75. The van der Waals surface area contributed by atoms with Crippen LogP contribution in [0.4, 0.5) is 0 Å². The second-order valence-electron chi connectivity index (χ2n) is 4.23. The third-order valence-corrected chi connectivity index (χ3v) is 3.16. The zero-order chi connectivity index (χ0) is 14.5. The largest absolute Gasteiger partial charge is 0.493 e. The van der Waals surface area contributed by atoms with Crippen molar-refractivity contribution in [3.8, 4) is 17.4 Å². The fourth-order valence-corrected chi connectivity index (χ4v) is 1.97. The number of aliphatic hydroxyl groups excluding tert-OH is 1. The molecular weight excluding hydrogens is 278 g/mol. The van der Waals surface area contributed by atoms with Crippen molar-refractivity contribution in [2.45, 2.75) is 20.0 Å². The van der Waals surface area contributed by atoms with Crippen LogP contribution in [0.1, 0.15) is 18.1 Å². The summed E-state index contributed by atoms with van der Waals surface area (Å²) < 4.78 is 11.0. The predicted octanol–water partition coefficient (Wildman–Crippen LogP) is 3.59. The van der Waals surface area contributed by atoms with Crippen molar-refractivity contribution in [2.75, 3.05) is 7.11 Å². The van der Waals surface area contributed by atoms with Crippen LogP contribution in [0.15, 0.2) is 30.5 Å². The van der Waals surface area contributed by atoms with Gasteiger partial charge in [-0.1, -0.05) is 24.6 Å². The van der Waals surface area contributed by atoms with Crippen molar-refractivity contribution < 1.29 is 14.6 Å². The average Bonchev–Trinajstić information content (AvgIpc) is 2.49. The number of benzene rings is 1. The van der Waals surface area contributed by atoms with Crippen LogP contribution < -0.4 is 9.47 Å². The van der Waals surface area contributed by atoms with Crippen LogP contribution in [-0.2, 0) is 13.0 Å². The number of rotatable bonds is 5. The van der Waals surface area contributed by atoms with Crippen LogP contribution in [0, 0.1) is 0 Å². The molecule has 0 aliphatic heterocycles.